The fourth-order valence-corrected chi connectivity index (χ4v) is 7.78. The third-order valence-electron chi connectivity index (χ3n) is 7.10. The monoisotopic (exact) mass is 465 g/mol. The lowest BCUT2D eigenvalue weighted by molar-refractivity contribution is -0.149. The van der Waals surface area contributed by atoms with Crippen LogP contribution in [0.25, 0.3) is 0 Å². The highest BCUT2D eigenvalue weighted by Crippen LogP contribution is 2.60. The van der Waals surface area contributed by atoms with Gasteiger partial charge < -0.3 is 0 Å². The molecule has 7 nitrogen and oxygen atoms in total. The lowest BCUT2D eigenvalue weighted by atomic mass is 9.49. The van der Waals surface area contributed by atoms with Gasteiger partial charge in [-0.25, -0.2) is 8.42 Å². The number of thioether (sulfide) groups is 1. The number of hydrogen-bond donors (Lipinski definition) is 3. The molecule has 1 aromatic carbocycles. The number of rotatable bonds is 8. The van der Waals surface area contributed by atoms with E-state index in [2.05, 4.69) is 15.6 Å². The van der Waals surface area contributed by atoms with Gasteiger partial charge in [-0.1, -0.05) is 18.2 Å². The highest BCUT2D eigenvalue weighted by molar-refractivity contribution is 7.98. The van der Waals surface area contributed by atoms with Gasteiger partial charge in [-0.15, -0.1) is 0 Å². The van der Waals surface area contributed by atoms with Crippen LogP contribution < -0.4 is 15.6 Å². The summed E-state index contributed by atoms with van der Waals surface area (Å²) in [6.45, 7) is 0. The Morgan fingerprint density at radius 2 is 1.61 bits per heavy atom. The summed E-state index contributed by atoms with van der Waals surface area (Å²) < 4.78 is 27.9. The van der Waals surface area contributed by atoms with E-state index >= 15 is 0 Å². The first-order chi connectivity index (χ1) is 14.8. The number of carbonyl (C=O) groups is 2. The lowest BCUT2D eigenvalue weighted by Crippen LogP contribution is -2.59. The molecule has 0 saturated heterocycles. The summed E-state index contributed by atoms with van der Waals surface area (Å²) in [6, 6.07) is 7.02. The Balaban J connectivity index is 1.39. The molecule has 4 fully saturated rings. The fraction of sp³-hybridized carbons (Fsp3) is 0.636. The highest BCUT2D eigenvalue weighted by atomic mass is 32.2. The van der Waals surface area contributed by atoms with Gasteiger partial charge in [0, 0.05) is 0 Å². The molecule has 5 rings (SSSR count). The maximum absolute atomic E-state index is 13.1. The van der Waals surface area contributed by atoms with Crippen LogP contribution in [0.5, 0.6) is 0 Å². The second kappa shape index (κ2) is 9.11. The number of amides is 2. The molecule has 170 valence electrons. The maximum atomic E-state index is 13.1. The van der Waals surface area contributed by atoms with Crippen molar-refractivity contribution in [3.63, 3.8) is 0 Å². The summed E-state index contributed by atoms with van der Waals surface area (Å²) in [4.78, 5) is 26.0. The van der Waals surface area contributed by atoms with Gasteiger partial charge in [-0.2, -0.15) is 16.5 Å². The van der Waals surface area contributed by atoms with Gasteiger partial charge in [0.05, 0.1) is 10.3 Å². The molecule has 0 radical (unpaired) electrons. The number of carbonyl (C=O) groups excluding carboxylic acids is 2. The van der Waals surface area contributed by atoms with Crippen molar-refractivity contribution in [1.29, 1.82) is 0 Å². The van der Waals surface area contributed by atoms with E-state index in [0.717, 1.165) is 19.3 Å². The van der Waals surface area contributed by atoms with Gasteiger partial charge in [0.1, 0.15) is 6.04 Å². The standard InChI is InChI=1S/C22H31N3O4S2/c1-30-8-7-19(25-31(28,29)18-5-3-2-4-6-18)20(26)23-24-21(27)22-12-15-9-16(13-22)11-17(10-15)14-22/h2-6,15-17,19,25H,7-14H2,1H3,(H,23,26)(H,24,27). The van der Waals surface area contributed by atoms with Crippen LogP contribution in [-0.4, -0.2) is 38.3 Å². The van der Waals surface area contributed by atoms with Crippen LogP contribution in [0.1, 0.15) is 44.9 Å². The van der Waals surface area contributed by atoms with Crippen LogP contribution >= 0.6 is 11.8 Å². The second-order valence-electron chi connectivity index (χ2n) is 9.41. The SMILES string of the molecule is CSCCC(NS(=O)(=O)c1ccccc1)C(=O)NNC(=O)C12CC3CC(CC(C3)C1)C2. The molecule has 1 atom stereocenters. The Morgan fingerprint density at radius 1 is 1.03 bits per heavy atom. The molecule has 31 heavy (non-hydrogen) atoms. The van der Waals surface area contributed by atoms with Crippen molar-refractivity contribution in [2.24, 2.45) is 23.2 Å². The molecule has 1 unspecified atom stereocenters. The van der Waals surface area contributed by atoms with Crippen LogP contribution in [-0.2, 0) is 19.6 Å². The van der Waals surface area contributed by atoms with Gasteiger partial charge in [0.25, 0.3) is 5.91 Å². The van der Waals surface area contributed by atoms with Crippen molar-refractivity contribution in [2.45, 2.75) is 55.9 Å². The van der Waals surface area contributed by atoms with Gasteiger partial charge in [-0.05, 0) is 86.8 Å². The van der Waals surface area contributed by atoms with Crippen LogP contribution in [0.15, 0.2) is 35.2 Å². The molecule has 0 aromatic heterocycles. The third kappa shape index (κ3) is 4.93. The molecular formula is C22H31N3O4S2. The van der Waals surface area contributed by atoms with Crippen molar-refractivity contribution >= 4 is 33.6 Å². The molecule has 4 aliphatic carbocycles. The predicted molar refractivity (Wildman–Crippen MR) is 120 cm³/mol. The van der Waals surface area contributed by atoms with E-state index < -0.39 is 22.0 Å². The molecular weight excluding hydrogens is 434 g/mol. The minimum absolute atomic E-state index is 0.106. The minimum atomic E-state index is -3.84. The fourth-order valence-electron chi connectivity index (χ4n) is 6.06. The van der Waals surface area contributed by atoms with E-state index in [0.29, 0.717) is 29.9 Å². The van der Waals surface area contributed by atoms with Gasteiger partial charge >= 0.3 is 0 Å². The zero-order valence-corrected chi connectivity index (χ0v) is 19.4. The van der Waals surface area contributed by atoms with E-state index in [1.807, 2.05) is 6.26 Å². The summed E-state index contributed by atoms with van der Waals surface area (Å²) in [5.41, 5.74) is 4.78. The summed E-state index contributed by atoms with van der Waals surface area (Å²) in [5, 5.41) is 0. The van der Waals surface area contributed by atoms with E-state index in [1.54, 1.807) is 18.2 Å². The van der Waals surface area contributed by atoms with Crippen LogP contribution in [0.3, 0.4) is 0 Å². The molecule has 2 amide bonds. The van der Waals surface area contributed by atoms with E-state index in [1.165, 1.54) is 43.2 Å². The van der Waals surface area contributed by atoms with Crippen molar-refractivity contribution in [2.75, 3.05) is 12.0 Å². The number of hydrogen-bond acceptors (Lipinski definition) is 5. The van der Waals surface area contributed by atoms with Crippen LogP contribution in [0, 0.1) is 23.2 Å². The molecule has 4 saturated carbocycles. The molecule has 0 spiro atoms. The topological polar surface area (TPSA) is 104 Å². The maximum Gasteiger partial charge on any atom is 0.256 e. The van der Waals surface area contributed by atoms with Crippen LogP contribution in [0.4, 0.5) is 0 Å². The Morgan fingerprint density at radius 3 is 2.16 bits per heavy atom. The quantitative estimate of drug-likeness (QED) is 0.512. The highest BCUT2D eigenvalue weighted by Gasteiger charge is 2.54. The summed E-state index contributed by atoms with van der Waals surface area (Å²) in [7, 11) is -3.84. The first-order valence-electron chi connectivity index (χ1n) is 11.0. The van der Waals surface area contributed by atoms with Gasteiger partial charge in [0.2, 0.25) is 15.9 Å². The van der Waals surface area contributed by atoms with Crippen LogP contribution in [0.2, 0.25) is 0 Å². The molecule has 0 heterocycles. The van der Waals surface area contributed by atoms with E-state index in [-0.39, 0.29) is 16.2 Å². The number of hydrazine groups is 1. The normalized spacial score (nSPS) is 30.0. The molecule has 0 aliphatic heterocycles. The third-order valence-corrected chi connectivity index (χ3v) is 9.23. The zero-order valence-electron chi connectivity index (χ0n) is 17.8. The van der Waals surface area contributed by atoms with Crippen molar-refractivity contribution in [3.05, 3.63) is 30.3 Å². The Hall–Kier alpha value is -1.58. The van der Waals surface area contributed by atoms with Crippen molar-refractivity contribution in [3.8, 4) is 0 Å². The van der Waals surface area contributed by atoms with E-state index in [4.69, 9.17) is 0 Å². The van der Waals surface area contributed by atoms with Crippen molar-refractivity contribution < 1.29 is 18.0 Å². The first kappa shape index (κ1) is 22.6. The number of nitrogens with one attached hydrogen (secondary N) is 3. The zero-order chi connectivity index (χ0) is 22.1. The van der Waals surface area contributed by atoms with Gasteiger partial charge in [-0.3, -0.25) is 20.4 Å². The van der Waals surface area contributed by atoms with Gasteiger partial charge in [0.15, 0.2) is 0 Å². The Kier molecular flexibility index (Phi) is 6.65. The second-order valence-corrected chi connectivity index (χ2v) is 12.1. The summed E-state index contributed by atoms with van der Waals surface area (Å²) in [6.07, 6.45) is 8.62. The Bertz CT molecular complexity index is 885. The van der Waals surface area contributed by atoms with E-state index in [9.17, 15) is 18.0 Å². The largest absolute Gasteiger partial charge is 0.273 e. The molecule has 4 bridgehead atoms. The molecule has 3 N–H and O–H groups in total. The number of benzene rings is 1. The molecule has 1 aromatic rings. The molecule has 9 heteroatoms. The average Bonchev–Trinajstić information content (AvgIpc) is 2.74. The molecule has 4 aliphatic rings. The minimum Gasteiger partial charge on any atom is -0.273 e. The summed E-state index contributed by atoms with van der Waals surface area (Å²) >= 11 is 1.53. The van der Waals surface area contributed by atoms with Crippen molar-refractivity contribution in [1.82, 2.24) is 15.6 Å². The first-order valence-corrected chi connectivity index (χ1v) is 13.9. The Labute approximate surface area is 188 Å². The smallest absolute Gasteiger partial charge is 0.256 e. The lowest BCUT2D eigenvalue weighted by Gasteiger charge is -2.55. The summed E-state index contributed by atoms with van der Waals surface area (Å²) in [5.74, 6) is 1.83. The average molecular weight is 466 g/mol. The number of sulfonamides is 1. The predicted octanol–water partition coefficient (Wildman–Crippen LogP) is 2.45.